The fourth-order valence-electron chi connectivity index (χ4n) is 8.24. The summed E-state index contributed by atoms with van der Waals surface area (Å²) < 4.78 is 6.12. The number of rotatable bonds is 10. The summed E-state index contributed by atoms with van der Waals surface area (Å²) in [7, 11) is 0. The third kappa shape index (κ3) is 6.68. The summed E-state index contributed by atoms with van der Waals surface area (Å²) in [5, 5.41) is 3.65. The molecule has 3 fully saturated rings. The number of anilines is 2. The van der Waals surface area contributed by atoms with Crippen LogP contribution in [0.25, 0.3) is 10.9 Å². The highest BCUT2D eigenvalue weighted by Crippen LogP contribution is 2.34. The van der Waals surface area contributed by atoms with Gasteiger partial charge in [0.1, 0.15) is 11.8 Å². The largest absolute Gasteiger partial charge is 0.494 e. The Morgan fingerprint density at radius 3 is 2.42 bits per heavy atom. The first-order valence-corrected chi connectivity index (χ1v) is 18.3. The monoisotopic (exact) mass is 674 g/mol. The summed E-state index contributed by atoms with van der Waals surface area (Å²) in [6, 6.07) is 22.9. The highest BCUT2D eigenvalue weighted by molar-refractivity contribution is 6.05. The second-order valence-corrected chi connectivity index (χ2v) is 14.2. The Labute approximate surface area is 293 Å². The molecule has 8 rings (SSSR count). The molecule has 3 saturated heterocycles. The van der Waals surface area contributed by atoms with Gasteiger partial charge in [-0.15, -0.1) is 0 Å². The van der Waals surface area contributed by atoms with Crippen LogP contribution in [0.2, 0.25) is 0 Å². The number of para-hydroxylation sites is 1. The number of aromatic nitrogens is 1. The predicted octanol–water partition coefficient (Wildman–Crippen LogP) is 5.29. The molecule has 4 aromatic rings. The van der Waals surface area contributed by atoms with Crippen LogP contribution in [0.5, 0.6) is 5.75 Å². The molecular weight excluding hydrogens is 628 g/mol. The molecule has 10 nitrogen and oxygen atoms in total. The van der Waals surface area contributed by atoms with Gasteiger partial charge in [0.2, 0.25) is 11.8 Å². The topological polar surface area (TPSA) is 101 Å². The molecule has 4 aliphatic heterocycles. The maximum absolute atomic E-state index is 13.1. The number of piperazine rings is 1. The molecule has 260 valence electrons. The summed E-state index contributed by atoms with van der Waals surface area (Å²) in [6.07, 6.45) is 7.12. The van der Waals surface area contributed by atoms with E-state index in [0.717, 1.165) is 95.1 Å². The Morgan fingerprint density at radius 2 is 1.62 bits per heavy atom. The van der Waals surface area contributed by atoms with E-state index in [1.54, 1.807) is 4.90 Å². The van der Waals surface area contributed by atoms with Crippen molar-refractivity contribution < 1.29 is 19.1 Å². The second kappa shape index (κ2) is 14.2. The van der Waals surface area contributed by atoms with Crippen LogP contribution in [0.1, 0.15) is 65.9 Å². The number of unbranched alkanes of at least 4 members (excludes halogenated alkanes) is 1. The van der Waals surface area contributed by atoms with Gasteiger partial charge in [-0.25, -0.2) is 0 Å². The molecule has 2 N–H and O–H groups in total. The number of H-pyrrole nitrogens is 1. The average molecular weight is 675 g/mol. The Balaban J connectivity index is 0.736. The maximum Gasteiger partial charge on any atom is 0.255 e. The average Bonchev–Trinajstić information content (AvgIpc) is 3.76. The number of hydrogen-bond donors (Lipinski definition) is 2. The molecule has 0 spiro atoms. The van der Waals surface area contributed by atoms with Gasteiger partial charge in [0.15, 0.2) is 0 Å². The van der Waals surface area contributed by atoms with E-state index in [1.165, 1.54) is 22.2 Å². The molecular formula is C40H46N6O4. The van der Waals surface area contributed by atoms with E-state index in [0.29, 0.717) is 24.4 Å². The summed E-state index contributed by atoms with van der Waals surface area (Å²) in [6.45, 7) is 8.22. The van der Waals surface area contributed by atoms with Crippen molar-refractivity contribution in [1.29, 1.82) is 0 Å². The lowest BCUT2D eigenvalue weighted by atomic mass is 9.89. The van der Waals surface area contributed by atoms with Crippen molar-refractivity contribution in [2.45, 2.75) is 57.0 Å². The molecule has 0 saturated carbocycles. The van der Waals surface area contributed by atoms with Gasteiger partial charge in [-0.05, 0) is 98.2 Å². The van der Waals surface area contributed by atoms with Crippen LogP contribution in [0.4, 0.5) is 11.4 Å². The molecule has 10 heteroatoms. The van der Waals surface area contributed by atoms with Crippen LogP contribution in [-0.2, 0) is 16.1 Å². The van der Waals surface area contributed by atoms with Gasteiger partial charge >= 0.3 is 0 Å². The number of nitrogens with zero attached hydrogens (tertiary/aromatic N) is 4. The zero-order valence-electron chi connectivity index (χ0n) is 28.6. The van der Waals surface area contributed by atoms with Crippen molar-refractivity contribution in [2.24, 2.45) is 0 Å². The van der Waals surface area contributed by atoms with Crippen molar-refractivity contribution in [2.75, 3.05) is 62.2 Å². The lowest BCUT2D eigenvalue weighted by Crippen LogP contribution is -2.52. The zero-order chi connectivity index (χ0) is 34.0. The van der Waals surface area contributed by atoms with E-state index in [9.17, 15) is 14.4 Å². The molecule has 50 heavy (non-hydrogen) atoms. The molecule has 1 aromatic heterocycles. The minimum absolute atomic E-state index is 0.124. The van der Waals surface area contributed by atoms with Crippen LogP contribution in [0.15, 0.2) is 72.9 Å². The smallest absolute Gasteiger partial charge is 0.255 e. The Kier molecular flexibility index (Phi) is 9.19. The third-order valence-corrected chi connectivity index (χ3v) is 11.1. The number of benzene rings is 3. The first-order chi connectivity index (χ1) is 24.5. The Bertz CT molecular complexity index is 1860. The predicted molar refractivity (Wildman–Crippen MR) is 195 cm³/mol. The van der Waals surface area contributed by atoms with Crippen LogP contribution in [-0.4, -0.2) is 91.0 Å². The second-order valence-electron chi connectivity index (χ2n) is 14.2. The van der Waals surface area contributed by atoms with Gasteiger partial charge in [0.25, 0.3) is 5.91 Å². The normalized spacial score (nSPS) is 20.4. The number of carbonyl (C=O) groups excluding carboxylic acids is 3. The molecule has 1 atom stereocenters. The van der Waals surface area contributed by atoms with E-state index in [-0.39, 0.29) is 24.1 Å². The number of aromatic amines is 1. The standard InChI is InChI=1S/C40H46N6O4/c47-37-13-12-36(39(48)42-37)46-27-31-26-32(8-11-34(31)40(46)49)44-23-21-43(22-24-44)18-1-2-25-50-33-9-6-28(7-10-33)29-15-19-45(20-16-29)35-5-3-4-30-14-17-41-38(30)35/h3-11,14,17,26,29,36,41H,1-2,12-13,15-16,18-25,27H2,(H,42,47,48). The number of imide groups is 1. The molecule has 5 heterocycles. The number of carbonyl (C=O) groups is 3. The van der Waals surface area contributed by atoms with E-state index < -0.39 is 6.04 Å². The Hall–Kier alpha value is -4.83. The maximum atomic E-state index is 13.1. The number of hydrogen-bond acceptors (Lipinski definition) is 7. The van der Waals surface area contributed by atoms with Gasteiger partial charge < -0.3 is 24.4 Å². The van der Waals surface area contributed by atoms with Crippen LogP contribution in [0, 0.1) is 0 Å². The van der Waals surface area contributed by atoms with Gasteiger partial charge in [-0.3, -0.25) is 24.6 Å². The number of ether oxygens (including phenoxy) is 1. The first-order valence-electron chi connectivity index (χ1n) is 18.3. The first kappa shape index (κ1) is 32.4. The third-order valence-electron chi connectivity index (χ3n) is 11.1. The molecule has 0 radical (unpaired) electrons. The fraction of sp³-hybridized carbons (Fsp3) is 0.425. The Morgan fingerprint density at radius 1 is 0.800 bits per heavy atom. The van der Waals surface area contributed by atoms with E-state index in [4.69, 9.17) is 4.74 Å². The minimum atomic E-state index is -0.581. The molecule has 4 aliphatic rings. The minimum Gasteiger partial charge on any atom is -0.494 e. The van der Waals surface area contributed by atoms with Crippen molar-refractivity contribution in [3.8, 4) is 5.75 Å². The number of piperidine rings is 2. The van der Waals surface area contributed by atoms with Crippen LogP contribution < -0.4 is 19.9 Å². The summed E-state index contributed by atoms with van der Waals surface area (Å²) in [4.78, 5) is 49.5. The van der Waals surface area contributed by atoms with Crippen LogP contribution >= 0.6 is 0 Å². The highest BCUT2D eigenvalue weighted by atomic mass is 16.5. The van der Waals surface area contributed by atoms with Crippen LogP contribution in [0.3, 0.4) is 0 Å². The number of amides is 3. The lowest BCUT2D eigenvalue weighted by molar-refractivity contribution is -0.136. The van der Waals surface area contributed by atoms with Gasteiger partial charge in [0.05, 0.1) is 17.8 Å². The number of nitrogens with one attached hydrogen (secondary N) is 2. The quantitative estimate of drug-likeness (QED) is 0.174. The van der Waals surface area contributed by atoms with Gasteiger partial charge in [0, 0.05) is 75.1 Å². The summed E-state index contributed by atoms with van der Waals surface area (Å²) in [5.74, 6) is 0.780. The van der Waals surface area contributed by atoms with Crippen molar-refractivity contribution in [3.05, 3.63) is 89.6 Å². The van der Waals surface area contributed by atoms with Crippen molar-refractivity contribution >= 4 is 40.0 Å². The summed E-state index contributed by atoms with van der Waals surface area (Å²) in [5.41, 5.74) is 6.71. The van der Waals surface area contributed by atoms with E-state index >= 15 is 0 Å². The van der Waals surface area contributed by atoms with Gasteiger partial charge in [-0.2, -0.15) is 0 Å². The van der Waals surface area contributed by atoms with Gasteiger partial charge in [-0.1, -0.05) is 24.3 Å². The van der Waals surface area contributed by atoms with E-state index in [2.05, 4.69) is 79.6 Å². The molecule has 3 amide bonds. The molecule has 0 aliphatic carbocycles. The highest BCUT2D eigenvalue weighted by Gasteiger charge is 2.39. The molecule has 1 unspecified atom stereocenters. The molecule has 0 bridgehead atoms. The molecule has 3 aromatic carbocycles. The van der Waals surface area contributed by atoms with E-state index in [1.807, 2.05) is 18.3 Å². The zero-order valence-corrected chi connectivity index (χ0v) is 28.6. The van der Waals surface area contributed by atoms with Crippen molar-refractivity contribution in [1.82, 2.24) is 20.1 Å². The summed E-state index contributed by atoms with van der Waals surface area (Å²) >= 11 is 0. The number of fused-ring (bicyclic) bond motifs is 2. The van der Waals surface area contributed by atoms with Crippen molar-refractivity contribution in [3.63, 3.8) is 0 Å². The fourth-order valence-corrected chi connectivity index (χ4v) is 8.24. The SMILES string of the molecule is O=C1CCC(N2Cc3cc(N4CCN(CCCCOc5ccc(C6CCN(c7cccc8cc[nH]c78)CC6)cc5)CC4)ccc3C2=O)C(=O)N1. The lowest BCUT2D eigenvalue weighted by Gasteiger charge is -2.36.